The molecule has 3 heteroatoms. The number of hydrogen-bond acceptors (Lipinski definition) is 3. The lowest BCUT2D eigenvalue weighted by molar-refractivity contribution is 0.704. The van der Waals surface area contributed by atoms with Gasteiger partial charge in [0.15, 0.2) is 0 Å². The van der Waals surface area contributed by atoms with Crippen LogP contribution in [0.3, 0.4) is 0 Å². The number of unbranched alkanes of at least 4 members (excludes halogenated alkanes) is 2. The minimum absolute atomic E-state index is 0.274. The van der Waals surface area contributed by atoms with Crippen molar-refractivity contribution in [2.45, 2.75) is 32.6 Å². The third kappa shape index (κ3) is 4.06. The van der Waals surface area contributed by atoms with Gasteiger partial charge in [0.05, 0.1) is 0 Å². The molecular weight excluding hydrogens is 126 g/mol. The van der Waals surface area contributed by atoms with Gasteiger partial charge in [-0.3, -0.25) is 0 Å². The lowest BCUT2D eigenvalue weighted by atomic mass is 10.2. The second kappa shape index (κ2) is 4.97. The molecule has 0 radical (unpaired) electrons. The standard InChI is InChI=1S/C7H17N3/c1-2-3-4-5-6(8)7(9)10/h2-5,8-10H2,1H3. The maximum Gasteiger partial charge on any atom is 0.113 e. The van der Waals surface area contributed by atoms with E-state index in [9.17, 15) is 0 Å². The van der Waals surface area contributed by atoms with Crippen molar-refractivity contribution < 1.29 is 0 Å². The van der Waals surface area contributed by atoms with Gasteiger partial charge in [0.2, 0.25) is 0 Å². The molecule has 0 aromatic rings. The molecular formula is C7H17N3. The highest BCUT2D eigenvalue weighted by molar-refractivity contribution is 5.02. The first-order valence-corrected chi connectivity index (χ1v) is 3.68. The summed E-state index contributed by atoms with van der Waals surface area (Å²) in [5.74, 6) is 0.274. The fraction of sp³-hybridized carbons (Fsp3) is 0.714. The van der Waals surface area contributed by atoms with Crippen LogP contribution in [0.1, 0.15) is 32.6 Å². The van der Waals surface area contributed by atoms with Gasteiger partial charge in [-0.25, -0.2) is 0 Å². The molecule has 0 fully saturated rings. The van der Waals surface area contributed by atoms with Gasteiger partial charge in [0, 0.05) is 5.70 Å². The molecule has 0 unspecified atom stereocenters. The summed E-state index contributed by atoms with van der Waals surface area (Å²) < 4.78 is 0. The van der Waals surface area contributed by atoms with Gasteiger partial charge < -0.3 is 17.2 Å². The fourth-order valence-corrected chi connectivity index (χ4v) is 0.710. The summed E-state index contributed by atoms with van der Waals surface area (Å²) in [7, 11) is 0. The van der Waals surface area contributed by atoms with Crippen molar-refractivity contribution in [3.05, 3.63) is 11.5 Å². The van der Waals surface area contributed by atoms with E-state index in [4.69, 9.17) is 17.2 Å². The maximum atomic E-state index is 5.49. The molecule has 0 aromatic carbocycles. The zero-order valence-corrected chi connectivity index (χ0v) is 6.56. The van der Waals surface area contributed by atoms with E-state index >= 15 is 0 Å². The monoisotopic (exact) mass is 143 g/mol. The predicted octanol–water partition coefficient (Wildman–Crippen LogP) is 0.612. The van der Waals surface area contributed by atoms with Gasteiger partial charge >= 0.3 is 0 Å². The smallest absolute Gasteiger partial charge is 0.113 e. The SMILES string of the molecule is CCCCCC(N)=C(N)N. The molecule has 0 heterocycles. The van der Waals surface area contributed by atoms with Crippen LogP contribution in [0.25, 0.3) is 0 Å². The van der Waals surface area contributed by atoms with E-state index in [0.29, 0.717) is 5.70 Å². The first kappa shape index (κ1) is 9.14. The van der Waals surface area contributed by atoms with Crippen LogP contribution in [0.5, 0.6) is 0 Å². The Morgan fingerprint density at radius 3 is 2.10 bits per heavy atom. The van der Waals surface area contributed by atoms with Gasteiger partial charge in [-0.2, -0.15) is 0 Å². The van der Waals surface area contributed by atoms with Crippen LogP contribution < -0.4 is 17.2 Å². The van der Waals surface area contributed by atoms with Crippen molar-refractivity contribution in [2.24, 2.45) is 17.2 Å². The molecule has 0 aromatic heterocycles. The highest BCUT2D eigenvalue weighted by Gasteiger charge is 1.93. The van der Waals surface area contributed by atoms with Gasteiger partial charge in [0.25, 0.3) is 0 Å². The topological polar surface area (TPSA) is 78.1 Å². The predicted molar refractivity (Wildman–Crippen MR) is 43.7 cm³/mol. The van der Waals surface area contributed by atoms with E-state index in [1.54, 1.807) is 0 Å². The van der Waals surface area contributed by atoms with Gasteiger partial charge in [-0.15, -0.1) is 0 Å². The summed E-state index contributed by atoms with van der Waals surface area (Å²) in [5.41, 5.74) is 16.6. The molecule has 60 valence electrons. The average Bonchev–Trinajstić information content (AvgIpc) is 1.88. The number of allylic oxidation sites excluding steroid dienone is 1. The van der Waals surface area contributed by atoms with Crippen LogP contribution >= 0.6 is 0 Å². The van der Waals surface area contributed by atoms with Crippen LogP contribution in [-0.2, 0) is 0 Å². The Kier molecular flexibility index (Phi) is 4.54. The van der Waals surface area contributed by atoms with Crippen LogP contribution in [-0.4, -0.2) is 0 Å². The van der Waals surface area contributed by atoms with Crippen molar-refractivity contribution in [3.8, 4) is 0 Å². The molecule has 0 aliphatic rings. The third-order valence-corrected chi connectivity index (χ3v) is 1.42. The quantitative estimate of drug-likeness (QED) is 0.504. The molecule has 0 bridgehead atoms. The summed E-state index contributed by atoms with van der Waals surface area (Å²) in [4.78, 5) is 0. The number of nitrogens with two attached hydrogens (primary N) is 3. The minimum atomic E-state index is 0.274. The maximum absolute atomic E-state index is 5.49. The highest BCUT2D eigenvalue weighted by atomic mass is 14.8. The highest BCUT2D eigenvalue weighted by Crippen LogP contribution is 2.03. The second-order valence-electron chi connectivity index (χ2n) is 2.44. The summed E-state index contributed by atoms with van der Waals surface area (Å²) in [6.45, 7) is 2.14. The van der Waals surface area contributed by atoms with E-state index in [2.05, 4.69) is 6.92 Å². The van der Waals surface area contributed by atoms with Crippen molar-refractivity contribution in [2.75, 3.05) is 0 Å². The van der Waals surface area contributed by atoms with Crippen LogP contribution in [0.15, 0.2) is 11.5 Å². The van der Waals surface area contributed by atoms with Crippen molar-refractivity contribution in [1.82, 2.24) is 0 Å². The Morgan fingerprint density at radius 2 is 1.70 bits per heavy atom. The van der Waals surface area contributed by atoms with Crippen LogP contribution in [0.2, 0.25) is 0 Å². The first-order valence-electron chi connectivity index (χ1n) is 3.68. The summed E-state index contributed by atoms with van der Waals surface area (Å²) in [6.07, 6.45) is 4.29. The van der Waals surface area contributed by atoms with Crippen molar-refractivity contribution >= 4 is 0 Å². The molecule has 0 amide bonds. The molecule has 0 saturated carbocycles. The van der Waals surface area contributed by atoms with E-state index in [1.165, 1.54) is 12.8 Å². The zero-order chi connectivity index (χ0) is 7.98. The molecule has 0 atom stereocenters. The molecule has 0 aliphatic heterocycles. The van der Waals surface area contributed by atoms with E-state index < -0.39 is 0 Å². The molecule has 0 saturated heterocycles. The first-order chi connectivity index (χ1) is 4.68. The van der Waals surface area contributed by atoms with Crippen LogP contribution in [0.4, 0.5) is 0 Å². The normalized spacial score (nSPS) is 9.30. The Balaban J connectivity index is 3.40. The Hall–Kier alpha value is -0.860. The minimum Gasteiger partial charge on any atom is -0.399 e. The molecule has 6 N–H and O–H groups in total. The van der Waals surface area contributed by atoms with Gasteiger partial charge in [0.1, 0.15) is 5.82 Å². The molecule has 0 spiro atoms. The van der Waals surface area contributed by atoms with E-state index in [-0.39, 0.29) is 5.82 Å². The Bertz CT molecular complexity index is 114. The van der Waals surface area contributed by atoms with E-state index in [0.717, 1.165) is 12.8 Å². The summed E-state index contributed by atoms with van der Waals surface area (Å²) in [6, 6.07) is 0. The molecule has 10 heavy (non-hydrogen) atoms. The molecule has 0 rings (SSSR count). The number of hydrogen-bond donors (Lipinski definition) is 3. The lowest BCUT2D eigenvalue weighted by Gasteiger charge is -2.01. The summed E-state index contributed by atoms with van der Waals surface area (Å²) in [5, 5.41) is 0. The Morgan fingerprint density at radius 1 is 1.10 bits per heavy atom. The zero-order valence-electron chi connectivity index (χ0n) is 6.56. The summed E-state index contributed by atoms with van der Waals surface area (Å²) >= 11 is 0. The Labute approximate surface area is 62.3 Å². The lowest BCUT2D eigenvalue weighted by Crippen LogP contribution is -2.16. The third-order valence-electron chi connectivity index (χ3n) is 1.42. The number of rotatable bonds is 4. The van der Waals surface area contributed by atoms with Gasteiger partial charge in [-0.1, -0.05) is 19.8 Å². The van der Waals surface area contributed by atoms with Crippen molar-refractivity contribution in [1.29, 1.82) is 0 Å². The van der Waals surface area contributed by atoms with Crippen LogP contribution in [0, 0.1) is 0 Å². The van der Waals surface area contributed by atoms with Crippen molar-refractivity contribution in [3.63, 3.8) is 0 Å². The molecule has 0 aliphatic carbocycles. The largest absolute Gasteiger partial charge is 0.399 e. The second-order valence-corrected chi connectivity index (χ2v) is 2.44. The average molecular weight is 143 g/mol. The fourth-order valence-electron chi connectivity index (χ4n) is 0.710. The van der Waals surface area contributed by atoms with Gasteiger partial charge in [-0.05, 0) is 12.8 Å². The van der Waals surface area contributed by atoms with E-state index in [1.807, 2.05) is 0 Å². The molecule has 3 nitrogen and oxygen atoms in total.